The third kappa shape index (κ3) is 2.57. The molecule has 0 bridgehead atoms. The fraction of sp³-hybridized carbons (Fsp3) is 0.545. The molecule has 0 aromatic heterocycles. The van der Waals surface area contributed by atoms with Crippen LogP contribution in [0.25, 0.3) is 0 Å². The number of carbonyl (C=O) groups excluding carboxylic acids is 4. The predicted molar refractivity (Wildman–Crippen MR) is 70.4 cm³/mol. The smallest absolute Gasteiger partial charge is 0.431 e. The number of likely N-dealkylation sites (N-methyl/N-ethyl adjacent to an activating group) is 2. The summed E-state index contributed by atoms with van der Waals surface area (Å²) in [5.41, 5.74) is -0.793. The van der Waals surface area contributed by atoms with Crippen LogP contribution in [0.5, 0.6) is 0 Å². The first-order valence-electron chi connectivity index (χ1n) is 5.94. The van der Waals surface area contributed by atoms with Crippen LogP contribution in [-0.2, 0) is 24.0 Å². The number of nitrogens with one attached hydrogen (secondary N) is 1. The second-order valence-corrected chi connectivity index (χ2v) is 4.25. The number of hydrogen-bond donors (Lipinski definition) is 1. The predicted octanol–water partition coefficient (Wildman–Crippen LogP) is -0.914. The van der Waals surface area contributed by atoms with Gasteiger partial charge in [-0.05, 0) is 6.92 Å². The Balaban J connectivity index is 3.37. The van der Waals surface area contributed by atoms with Crippen LogP contribution in [0.1, 0.15) is 6.92 Å². The Hall–Kier alpha value is -2.69. The largest absolute Gasteiger partial charge is 0.451 e. The lowest BCUT2D eigenvalue weighted by atomic mass is 9.93. The van der Waals surface area contributed by atoms with E-state index in [1.165, 1.54) is 14.0 Å². The van der Waals surface area contributed by atoms with Crippen molar-refractivity contribution in [1.29, 1.82) is 0 Å². The maximum atomic E-state index is 12.4. The number of carbonyl (C=O) groups is 4. The summed E-state index contributed by atoms with van der Waals surface area (Å²) in [6.07, 6.45) is -1.05. The van der Waals surface area contributed by atoms with E-state index in [4.69, 9.17) is 4.84 Å². The molecule has 22 heavy (non-hydrogen) atoms. The van der Waals surface area contributed by atoms with Crippen LogP contribution in [0.15, 0.2) is 5.16 Å². The van der Waals surface area contributed by atoms with E-state index in [9.17, 15) is 19.2 Å². The summed E-state index contributed by atoms with van der Waals surface area (Å²) < 4.78 is 4.31. The topological polar surface area (TPSA) is 127 Å². The molecule has 1 saturated heterocycles. The quantitative estimate of drug-likeness (QED) is 0.404. The summed E-state index contributed by atoms with van der Waals surface area (Å²) in [6, 6.07) is -0.850. The Kier molecular flexibility index (Phi) is 5.04. The van der Waals surface area contributed by atoms with Crippen molar-refractivity contribution in [3.8, 4) is 0 Å². The first kappa shape index (κ1) is 17.4. The normalized spacial score (nSPS) is 18.4. The molecule has 0 spiro atoms. The number of urea groups is 1. The van der Waals surface area contributed by atoms with Gasteiger partial charge in [-0.2, -0.15) is 5.48 Å². The van der Waals surface area contributed by atoms with Crippen molar-refractivity contribution in [3.05, 3.63) is 0 Å². The zero-order valence-corrected chi connectivity index (χ0v) is 12.7. The van der Waals surface area contributed by atoms with E-state index in [0.29, 0.717) is 9.80 Å². The summed E-state index contributed by atoms with van der Waals surface area (Å²) in [5.74, 6) is -2.06. The highest BCUT2D eigenvalue weighted by atomic mass is 16.7. The number of oxime groups is 1. The molecule has 0 radical (unpaired) electrons. The highest BCUT2D eigenvalue weighted by molar-refractivity contribution is 6.34. The fourth-order valence-electron chi connectivity index (χ4n) is 1.79. The number of hydrogen-bond acceptors (Lipinski definition) is 8. The number of amides is 5. The van der Waals surface area contributed by atoms with Crippen LogP contribution in [-0.4, -0.2) is 73.4 Å². The standard InChI is InChI=1S/C11H16N4O7/c1-6(12-21-5)11(22-13-9(18)20-4)7(16)14(2)10(19)15(3)8(11)17/h1-5H3,(H,13,18)/b12-6+. The fourth-order valence-corrected chi connectivity index (χ4v) is 1.79. The molecule has 1 N–H and O–H groups in total. The first-order chi connectivity index (χ1) is 10.2. The zero-order valence-electron chi connectivity index (χ0n) is 12.7. The van der Waals surface area contributed by atoms with Gasteiger partial charge in [-0.1, -0.05) is 5.16 Å². The third-order valence-corrected chi connectivity index (χ3v) is 3.00. The summed E-state index contributed by atoms with van der Waals surface area (Å²) >= 11 is 0. The molecule has 1 heterocycles. The van der Waals surface area contributed by atoms with Crippen molar-refractivity contribution in [3.63, 3.8) is 0 Å². The molecule has 11 nitrogen and oxygen atoms in total. The molecule has 122 valence electrons. The number of imide groups is 2. The number of ether oxygens (including phenoxy) is 1. The van der Waals surface area contributed by atoms with Gasteiger partial charge in [0.15, 0.2) is 0 Å². The average molecular weight is 316 g/mol. The van der Waals surface area contributed by atoms with Gasteiger partial charge in [-0.15, -0.1) is 0 Å². The van der Waals surface area contributed by atoms with Crippen molar-refractivity contribution in [2.24, 2.45) is 5.16 Å². The molecule has 0 aliphatic carbocycles. The summed E-state index contributed by atoms with van der Waals surface area (Å²) in [7, 11) is 4.57. The van der Waals surface area contributed by atoms with Crippen LogP contribution in [0.4, 0.5) is 9.59 Å². The van der Waals surface area contributed by atoms with Gasteiger partial charge >= 0.3 is 12.1 Å². The molecular formula is C11H16N4O7. The Morgan fingerprint density at radius 2 is 1.64 bits per heavy atom. The Morgan fingerprint density at radius 1 is 1.14 bits per heavy atom. The molecule has 11 heteroatoms. The van der Waals surface area contributed by atoms with Crippen molar-refractivity contribution in [1.82, 2.24) is 15.3 Å². The average Bonchev–Trinajstić information content (AvgIpc) is 2.51. The van der Waals surface area contributed by atoms with Gasteiger partial charge in [-0.3, -0.25) is 19.4 Å². The maximum absolute atomic E-state index is 12.4. The molecule has 0 saturated carbocycles. The van der Waals surface area contributed by atoms with Gasteiger partial charge < -0.3 is 9.57 Å². The molecule has 5 amide bonds. The van der Waals surface area contributed by atoms with Crippen LogP contribution in [0, 0.1) is 0 Å². The molecule has 0 atom stereocenters. The lowest BCUT2D eigenvalue weighted by Gasteiger charge is -2.39. The Bertz CT molecular complexity index is 521. The highest BCUT2D eigenvalue weighted by Gasteiger charge is 2.60. The van der Waals surface area contributed by atoms with Crippen LogP contribution >= 0.6 is 0 Å². The van der Waals surface area contributed by atoms with E-state index in [1.54, 1.807) is 5.48 Å². The van der Waals surface area contributed by atoms with Crippen molar-refractivity contribution in [2.45, 2.75) is 12.5 Å². The molecular weight excluding hydrogens is 300 g/mol. The molecule has 0 unspecified atom stereocenters. The van der Waals surface area contributed by atoms with Gasteiger partial charge in [0, 0.05) is 14.1 Å². The molecule has 1 fully saturated rings. The third-order valence-electron chi connectivity index (χ3n) is 3.00. The van der Waals surface area contributed by atoms with Gasteiger partial charge in [0.2, 0.25) is 0 Å². The van der Waals surface area contributed by atoms with Gasteiger partial charge in [-0.25, -0.2) is 14.4 Å². The Morgan fingerprint density at radius 3 is 2.05 bits per heavy atom. The molecule has 1 rings (SSSR count). The van der Waals surface area contributed by atoms with E-state index < -0.39 is 29.5 Å². The van der Waals surface area contributed by atoms with Crippen molar-refractivity contribution in [2.75, 3.05) is 28.3 Å². The lowest BCUT2D eigenvalue weighted by molar-refractivity contribution is -0.171. The van der Waals surface area contributed by atoms with Crippen LogP contribution in [0.2, 0.25) is 0 Å². The minimum absolute atomic E-state index is 0.215. The summed E-state index contributed by atoms with van der Waals surface area (Å²) in [6.45, 7) is 1.27. The number of barbiturate groups is 1. The van der Waals surface area contributed by atoms with E-state index >= 15 is 0 Å². The van der Waals surface area contributed by atoms with Crippen molar-refractivity contribution >= 4 is 29.7 Å². The summed E-state index contributed by atoms with van der Waals surface area (Å²) in [5, 5.41) is 3.51. The SMILES string of the molecule is CO/N=C(\C)C1(ONC(=O)OC)C(=O)N(C)C(=O)N(C)C1=O. The minimum atomic E-state index is -2.37. The van der Waals surface area contributed by atoms with E-state index in [2.05, 4.69) is 14.7 Å². The van der Waals surface area contributed by atoms with E-state index in [0.717, 1.165) is 21.2 Å². The number of rotatable bonds is 4. The number of methoxy groups -OCH3 is 1. The van der Waals surface area contributed by atoms with Crippen LogP contribution in [0.3, 0.4) is 0 Å². The maximum Gasteiger partial charge on any atom is 0.431 e. The van der Waals surface area contributed by atoms with Crippen LogP contribution < -0.4 is 5.48 Å². The zero-order chi connectivity index (χ0) is 17.1. The van der Waals surface area contributed by atoms with Gasteiger partial charge in [0.1, 0.15) is 12.8 Å². The summed E-state index contributed by atoms with van der Waals surface area (Å²) in [4.78, 5) is 58.7. The minimum Gasteiger partial charge on any atom is -0.451 e. The first-order valence-corrected chi connectivity index (χ1v) is 5.94. The Labute approximate surface area is 125 Å². The van der Waals surface area contributed by atoms with E-state index in [1.807, 2.05) is 0 Å². The van der Waals surface area contributed by atoms with Gasteiger partial charge in [0.05, 0.1) is 7.11 Å². The molecule has 1 aliphatic heterocycles. The molecule has 1 aliphatic rings. The second kappa shape index (κ2) is 6.39. The highest BCUT2D eigenvalue weighted by Crippen LogP contribution is 2.25. The number of nitrogens with zero attached hydrogens (tertiary/aromatic N) is 3. The molecule has 0 aromatic carbocycles. The van der Waals surface area contributed by atoms with Gasteiger partial charge in [0.25, 0.3) is 17.4 Å². The second-order valence-electron chi connectivity index (χ2n) is 4.25. The number of hydroxylamine groups is 1. The lowest BCUT2D eigenvalue weighted by Crippen LogP contribution is -2.72. The molecule has 0 aromatic rings. The van der Waals surface area contributed by atoms with Crippen molar-refractivity contribution < 1.29 is 33.6 Å². The van der Waals surface area contributed by atoms with E-state index in [-0.39, 0.29) is 5.71 Å². The monoisotopic (exact) mass is 316 g/mol.